The summed E-state index contributed by atoms with van der Waals surface area (Å²) in [6.45, 7) is 3.81. The average molecular weight is 353 g/mol. The first kappa shape index (κ1) is 16.5. The van der Waals surface area contributed by atoms with E-state index in [4.69, 9.17) is 0 Å². The van der Waals surface area contributed by atoms with Crippen molar-refractivity contribution in [2.45, 2.75) is 20.0 Å². The number of nitrogens with one attached hydrogen (secondary N) is 1. The number of halogens is 3. The molecule has 0 saturated carbocycles. The number of hydrogen-bond donors (Lipinski definition) is 1. The normalized spacial score (nSPS) is 11.9. The Hall–Kier alpha value is -2.35. The van der Waals surface area contributed by atoms with Crippen LogP contribution in [0, 0.1) is 13.8 Å². The van der Waals surface area contributed by atoms with Crippen molar-refractivity contribution in [1.29, 1.82) is 0 Å². The van der Waals surface area contributed by atoms with Gasteiger partial charge in [-0.05, 0) is 43.2 Å². The fourth-order valence-electron chi connectivity index (χ4n) is 2.60. The lowest BCUT2D eigenvalue weighted by atomic mass is 10.1. The van der Waals surface area contributed by atoms with Gasteiger partial charge in [0.2, 0.25) is 0 Å². The smallest absolute Gasteiger partial charge is 0.321 e. The van der Waals surface area contributed by atoms with Gasteiger partial charge in [0.1, 0.15) is 4.83 Å². The molecule has 8 heteroatoms. The van der Waals surface area contributed by atoms with Crippen molar-refractivity contribution in [1.82, 2.24) is 9.78 Å². The van der Waals surface area contributed by atoms with E-state index in [1.54, 1.807) is 12.1 Å². The molecular weight excluding hydrogens is 339 g/mol. The lowest BCUT2D eigenvalue weighted by Gasteiger charge is -2.06. The molecule has 0 aliphatic carbocycles. The molecule has 2 heterocycles. The Morgan fingerprint density at radius 1 is 1.17 bits per heavy atom. The lowest BCUT2D eigenvalue weighted by molar-refractivity contribution is -0.140. The van der Waals surface area contributed by atoms with Crippen LogP contribution in [0.4, 0.5) is 18.9 Å². The van der Waals surface area contributed by atoms with Gasteiger partial charge >= 0.3 is 6.18 Å². The zero-order valence-corrected chi connectivity index (χ0v) is 14.0. The maximum Gasteiger partial charge on any atom is 0.435 e. The van der Waals surface area contributed by atoms with Crippen molar-refractivity contribution in [2.75, 3.05) is 5.32 Å². The molecule has 1 amide bonds. The number of amides is 1. The summed E-state index contributed by atoms with van der Waals surface area (Å²) in [6.07, 6.45) is -4.55. The van der Waals surface area contributed by atoms with Gasteiger partial charge in [0.25, 0.3) is 5.91 Å². The molecule has 2 aromatic heterocycles. The highest BCUT2D eigenvalue weighted by Crippen LogP contribution is 2.37. The molecule has 0 unspecified atom stereocenters. The van der Waals surface area contributed by atoms with Gasteiger partial charge in [0.15, 0.2) is 5.69 Å². The summed E-state index contributed by atoms with van der Waals surface area (Å²) >= 11 is 0.985. The number of fused-ring (bicyclic) bond motifs is 1. The number of hydrogen-bond acceptors (Lipinski definition) is 3. The first-order valence-corrected chi connectivity index (χ1v) is 7.90. The minimum absolute atomic E-state index is 0.0550. The highest BCUT2D eigenvalue weighted by molar-refractivity contribution is 7.20. The van der Waals surface area contributed by atoms with Crippen LogP contribution < -0.4 is 5.32 Å². The molecule has 0 saturated heterocycles. The van der Waals surface area contributed by atoms with Crippen molar-refractivity contribution >= 4 is 33.1 Å². The predicted octanol–water partition coefficient (Wildman–Crippen LogP) is 4.52. The van der Waals surface area contributed by atoms with Gasteiger partial charge in [-0.2, -0.15) is 18.3 Å². The third-order valence-electron chi connectivity index (χ3n) is 3.48. The number of carbonyl (C=O) groups is 1. The van der Waals surface area contributed by atoms with E-state index in [9.17, 15) is 18.0 Å². The van der Waals surface area contributed by atoms with Crippen LogP contribution in [0.3, 0.4) is 0 Å². The van der Waals surface area contributed by atoms with Gasteiger partial charge < -0.3 is 5.32 Å². The number of alkyl halides is 3. The summed E-state index contributed by atoms with van der Waals surface area (Å²) in [4.78, 5) is 12.9. The third-order valence-corrected chi connectivity index (χ3v) is 4.68. The molecule has 0 fully saturated rings. The number of nitrogens with zero attached hydrogens (tertiary/aromatic N) is 2. The average Bonchev–Trinajstić information content (AvgIpc) is 2.97. The first-order chi connectivity index (χ1) is 11.1. The number of rotatable bonds is 2. The van der Waals surface area contributed by atoms with Gasteiger partial charge in [-0.3, -0.25) is 9.48 Å². The fraction of sp³-hybridized carbons (Fsp3) is 0.250. The Balaban J connectivity index is 1.96. The SMILES string of the molecule is Cc1cc(C)cc(NC(=O)c2cc3c(C(F)(F)F)nn(C)c3s2)c1. The number of thiophene rings is 1. The number of benzene rings is 1. The Kier molecular flexibility index (Phi) is 3.87. The summed E-state index contributed by atoms with van der Waals surface area (Å²) in [5.74, 6) is -0.436. The molecule has 0 bridgehead atoms. The van der Waals surface area contributed by atoms with Crippen molar-refractivity contribution in [2.24, 2.45) is 7.05 Å². The molecule has 0 aliphatic rings. The molecule has 1 aromatic carbocycles. The molecule has 24 heavy (non-hydrogen) atoms. The minimum atomic E-state index is -4.55. The Morgan fingerprint density at radius 2 is 1.79 bits per heavy atom. The lowest BCUT2D eigenvalue weighted by Crippen LogP contribution is -2.11. The van der Waals surface area contributed by atoms with Crippen LogP contribution in [0.5, 0.6) is 0 Å². The molecule has 3 aromatic rings. The van der Waals surface area contributed by atoms with Crippen LogP contribution in [0.25, 0.3) is 10.2 Å². The number of aromatic nitrogens is 2. The first-order valence-electron chi connectivity index (χ1n) is 7.08. The predicted molar refractivity (Wildman–Crippen MR) is 87.5 cm³/mol. The van der Waals surface area contributed by atoms with E-state index >= 15 is 0 Å². The Morgan fingerprint density at radius 3 is 2.38 bits per heavy atom. The van der Waals surface area contributed by atoms with Crippen LogP contribution in [0.1, 0.15) is 26.5 Å². The molecule has 1 N–H and O–H groups in total. The Labute approximate surface area is 139 Å². The Bertz CT molecular complexity index is 920. The van der Waals surface area contributed by atoms with Gasteiger partial charge in [0.05, 0.1) is 4.88 Å². The summed E-state index contributed by atoms with van der Waals surface area (Å²) < 4.78 is 40.2. The molecule has 0 aliphatic heterocycles. The standard InChI is InChI=1S/C16H14F3N3OS/c1-8-4-9(2)6-10(5-8)20-14(23)12-7-11-13(16(17,18)19)21-22(3)15(11)24-12/h4-7H,1-3H3,(H,20,23). The van der Waals surface area contributed by atoms with Crippen LogP contribution in [-0.4, -0.2) is 15.7 Å². The van der Waals surface area contributed by atoms with Gasteiger partial charge in [-0.1, -0.05) is 6.07 Å². The van der Waals surface area contributed by atoms with E-state index in [0.29, 0.717) is 10.5 Å². The van der Waals surface area contributed by atoms with E-state index in [2.05, 4.69) is 10.4 Å². The van der Waals surface area contributed by atoms with E-state index in [1.165, 1.54) is 13.1 Å². The van der Waals surface area contributed by atoms with Crippen molar-refractivity contribution < 1.29 is 18.0 Å². The molecular formula is C16H14F3N3OS. The van der Waals surface area contributed by atoms with Crippen LogP contribution >= 0.6 is 11.3 Å². The fourth-order valence-corrected chi connectivity index (χ4v) is 3.57. The molecule has 126 valence electrons. The zero-order chi connectivity index (χ0) is 17.6. The summed E-state index contributed by atoms with van der Waals surface area (Å²) in [5.41, 5.74) is 1.63. The van der Waals surface area contributed by atoms with E-state index in [0.717, 1.165) is 27.1 Å². The molecule has 0 spiro atoms. The molecule has 4 nitrogen and oxygen atoms in total. The number of anilines is 1. The highest BCUT2D eigenvalue weighted by Gasteiger charge is 2.37. The van der Waals surface area contributed by atoms with Gasteiger partial charge in [-0.15, -0.1) is 11.3 Å². The van der Waals surface area contributed by atoms with Gasteiger partial charge in [-0.25, -0.2) is 0 Å². The van der Waals surface area contributed by atoms with Crippen molar-refractivity contribution in [3.05, 3.63) is 46.0 Å². The number of carbonyl (C=O) groups excluding carboxylic acids is 1. The molecule has 0 atom stereocenters. The van der Waals surface area contributed by atoms with Crippen molar-refractivity contribution in [3.8, 4) is 0 Å². The summed E-state index contributed by atoms with van der Waals surface area (Å²) in [5, 5.41) is 6.17. The quantitative estimate of drug-likeness (QED) is 0.736. The maximum absolute atomic E-state index is 13.0. The summed E-state index contributed by atoms with van der Waals surface area (Å²) in [6, 6.07) is 6.83. The second kappa shape index (κ2) is 5.62. The highest BCUT2D eigenvalue weighted by atomic mass is 32.1. The van der Waals surface area contributed by atoms with E-state index in [1.807, 2.05) is 19.9 Å². The van der Waals surface area contributed by atoms with Gasteiger partial charge in [0, 0.05) is 18.1 Å². The zero-order valence-electron chi connectivity index (χ0n) is 13.2. The van der Waals surface area contributed by atoms with E-state index in [-0.39, 0.29) is 10.3 Å². The van der Waals surface area contributed by atoms with Crippen LogP contribution in [0.2, 0.25) is 0 Å². The van der Waals surface area contributed by atoms with Crippen LogP contribution in [0.15, 0.2) is 24.3 Å². The minimum Gasteiger partial charge on any atom is -0.321 e. The van der Waals surface area contributed by atoms with Crippen LogP contribution in [-0.2, 0) is 13.2 Å². The van der Waals surface area contributed by atoms with E-state index < -0.39 is 17.8 Å². The second-order valence-electron chi connectivity index (χ2n) is 5.63. The number of aryl methyl sites for hydroxylation is 3. The monoisotopic (exact) mass is 353 g/mol. The molecule has 3 rings (SSSR count). The second-order valence-corrected chi connectivity index (χ2v) is 6.66. The van der Waals surface area contributed by atoms with Crippen molar-refractivity contribution in [3.63, 3.8) is 0 Å². The topological polar surface area (TPSA) is 46.9 Å². The largest absolute Gasteiger partial charge is 0.435 e. The molecule has 0 radical (unpaired) electrons. The summed E-state index contributed by atoms with van der Waals surface area (Å²) in [7, 11) is 1.43. The maximum atomic E-state index is 13.0. The third kappa shape index (κ3) is 3.01.